The second-order valence-electron chi connectivity index (χ2n) is 6.19. The van der Waals surface area contributed by atoms with Gasteiger partial charge in [-0.15, -0.1) is 0 Å². The summed E-state index contributed by atoms with van der Waals surface area (Å²) < 4.78 is 15.1. The maximum Gasteiger partial charge on any atom is 0.266 e. The number of pyridine rings is 1. The van der Waals surface area contributed by atoms with Crippen molar-refractivity contribution in [2.75, 3.05) is 11.4 Å². The van der Waals surface area contributed by atoms with Gasteiger partial charge in [0.25, 0.3) is 5.56 Å². The average molecular weight is 324 g/mol. The predicted octanol–water partition coefficient (Wildman–Crippen LogP) is 2.34. The Balaban J connectivity index is 1.82. The molecule has 0 unspecified atom stereocenters. The van der Waals surface area contributed by atoms with Gasteiger partial charge in [-0.05, 0) is 31.2 Å². The lowest BCUT2D eigenvalue weighted by atomic mass is 10.0. The Morgan fingerprint density at radius 1 is 1.21 bits per heavy atom. The summed E-state index contributed by atoms with van der Waals surface area (Å²) in [4.78, 5) is 18.5. The van der Waals surface area contributed by atoms with Crippen LogP contribution in [-0.4, -0.2) is 21.3 Å². The molecule has 0 bridgehead atoms. The molecule has 4 rings (SSSR count). The van der Waals surface area contributed by atoms with Crippen LogP contribution in [0.15, 0.2) is 35.1 Å². The molecule has 1 aliphatic rings. The smallest absolute Gasteiger partial charge is 0.266 e. The van der Waals surface area contributed by atoms with E-state index in [0.717, 1.165) is 46.5 Å². The molecule has 0 radical (unpaired) electrons. The van der Waals surface area contributed by atoms with Gasteiger partial charge in [-0.1, -0.05) is 0 Å². The first kappa shape index (κ1) is 14.8. The zero-order valence-electron chi connectivity index (χ0n) is 13.6. The summed E-state index contributed by atoms with van der Waals surface area (Å²) in [5.74, 6) is -0.276. The van der Waals surface area contributed by atoms with Crippen molar-refractivity contribution < 1.29 is 4.39 Å². The van der Waals surface area contributed by atoms with Crippen LogP contribution in [0.25, 0.3) is 10.9 Å². The van der Waals surface area contributed by atoms with Gasteiger partial charge in [-0.25, -0.2) is 9.07 Å². The summed E-state index contributed by atoms with van der Waals surface area (Å²) in [7, 11) is 1.66. The van der Waals surface area contributed by atoms with E-state index in [-0.39, 0.29) is 11.4 Å². The van der Waals surface area contributed by atoms with Gasteiger partial charge in [0.15, 0.2) is 0 Å². The predicted molar refractivity (Wildman–Crippen MR) is 90.7 cm³/mol. The molecular formula is C18H17FN4O. The number of fused-ring (bicyclic) bond motifs is 2. The van der Waals surface area contributed by atoms with Gasteiger partial charge in [0.2, 0.25) is 0 Å². The van der Waals surface area contributed by atoms with E-state index in [4.69, 9.17) is 0 Å². The summed E-state index contributed by atoms with van der Waals surface area (Å²) >= 11 is 0. The third-order valence-electron chi connectivity index (χ3n) is 4.46. The molecule has 0 atom stereocenters. The zero-order valence-corrected chi connectivity index (χ0v) is 13.6. The number of aryl methyl sites for hydroxylation is 2. The first-order valence-corrected chi connectivity index (χ1v) is 7.89. The second-order valence-corrected chi connectivity index (χ2v) is 6.19. The molecule has 122 valence electrons. The normalized spacial score (nSPS) is 14.0. The Bertz CT molecular complexity index is 1010. The van der Waals surface area contributed by atoms with Crippen LogP contribution in [0.2, 0.25) is 0 Å². The van der Waals surface area contributed by atoms with E-state index in [0.29, 0.717) is 6.54 Å². The van der Waals surface area contributed by atoms with Crippen molar-refractivity contribution in [1.29, 1.82) is 0 Å². The Labute approximate surface area is 138 Å². The molecule has 0 saturated heterocycles. The van der Waals surface area contributed by atoms with E-state index in [1.807, 2.05) is 13.0 Å². The topological polar surface area (TPSA) is 51.0 Å². The number of nitrogens with zero attached hydrogens (tertiary/aromatic N) is 4. The fourth-order valence-electron chi connectivity index (χ4n) is 3.27. The molecule has 1 aromatic carbocycles. The van der Waals surface area contributed by atoms with Crippen LogP contribution in [-0.2, 0) is 20.0 Å². The summed E-state index contributed by atoms with van der Waals surface area (Å²) in [5.41, 5.74) is 4.38. The van der Waals surface area contributed by atoms with E-state index < -0.39 is 0 Å². The zero-order chi connectivity index (χ0) is 16.8. The molecule has 2 aromatic heterocycles. The monoisotopic (exact) mass is 324 g/mol. The van der Waals surface area contributed by atoms with Crippen LogP contribution in [0.5, 0.6) is 0 Å². The molecular weight excluding hydrogens is 307 g/mol. The molecule has 5 nitrogen and oxygen atoms in total. The molecule has 24 heavy (non-hydrogen) atoms. The van der Waals surface area contributed by atoms with Crippen LogP contribution in [0.4, 0.5) is 10.1 Å². The van der Waals surface area contributed by atoms with Crippen molar-refractivity contribution in [2.24, 2.45) is 7.05 Å². The molecule has 6 heteroatoms. The van der Waals surface area contributed by atoms with Crippen LogP contribution in [0.1, 0.15) is 17.0 Å². The number of anilines is 1. The quantitative estimate of drug-likeness (QED) is 0.689. The first-order valence-electron chi connectivity index (χ1n) is 7.89. The third-order valence-corrected chi connectivity index (χ3v) is 4.46. The molecule has 0 spiro atoms. The molecule has 0 fully saturated rings. The number of aromatic nitrogens is 3. The second kappa shape index (κ2) is 5.40. The highest BCUT2D eigenvalue weighted by Gasteiger charge is 2.21. The van der Waals surface area contributed by atoms with Gasteiger partial charge in [0, 0.05) is 55.0 Å². The SMILES string of the molecule is Cc1cc(N2CCc3nn(C)c(=O)cc3C2)c2cc(F)ccc2n1. The molecule has 3 heterocycles. The van der Waals surface area contributed by atoms with Crippen molar-refractivity contribution in [2.45, 2.75) is 19.9 Å². The van der Waals surface area contributed by atoms with E-state index >= 15 is 0 Å². The third kappa shape index (κ3) is 2.44. The van der Waals surface area contributed by atoms with Crippen LogP contribution in [0.3, 0.4) is 0 Å². The maximum atomic E-state index is 13.7. The Hall–Kier alpha value is -2.76. The van der Waals surface area contributed by atoms with Crippen molar-refractivity contribution >= 4 is 16.6 Å². The lowest BCUT2D eigenvalue weighted by Crippen LogP contribution is -2.34. The molecule has 0 amide bonds. The van der Waals surface area contributed by atoms with Gasteiger partial charge in [0.05, 0.1) is 11.2 Å². The standard InChI is InChI=1S/C18H17FN4O/c1-11-7-17(14-9-13(19)3-4-16(14)20-11)23-6-5-15-12(10-23)8-18(24)22(2)21-15/h3-4,7-9H,5-6,10H2,1-2H3. The number of hydrogen-bond donors (Lipinski definition) is 0. The molecule has 1 aliphatic heterocycles. The van der Waals surface area contributed by atoms with Crippen molar-refractivity contribution in [3.63, 3.8) is 0 Å². The first-order chi connectivity index (χ1) is 11.5. The largest absolute Gasteiger partial charge is 0.366 e. The number of benzene rings is 1. The summed E-state index contributed by atoms with van der Waals surface area (Å²) in [6.07, 6.45) is 0.752. The molecule has 3 aromatic rings. The minimum Gasteiger partial charge on any atom is -0.366 e. The van der Waals surface area contributed by atoms with Crippen LogP contribution in [0, 0.1) is 12.7 Å². The van der Waals surface area contributed by atoms with E-state index in [2.05, 4.69) is 15.0 Å². The van der Waals surface area contributed by atoms with Gasteiger partial charge >= 0.3 is 0 Å². The summed E-state index contributed by atoms with van der Waals surface area (Å²) in [6.45, 7) is 3.29. The number of rotatable bonds is 1. The summed E-state index contributed by atoms with van der Waals surface area (Å²) in [6, 6.07) is 8.27. The fourth-order valence-corrected chi connectivity index (χ4v) is 3.27. The Kier molecular flexibility index (Phi) is 3.33. The highest BCUT2D eigenvalue weighted by atomic mass is 19.1. The fraction of sp³-hybridized carbons (Fsp3) is 0.278. The minimum absolute atomic E-state index is 0.114. The van der Waals surface area contributed by atoms with Crippen molar-refractivity contribution in [1.82, 2.24) is 14.8 Å². The van der Waals surface area contributed by atoms with Gasteiger partial charge < -0.3 is 4.90 Å². The van der Waals surface area contributed by atoms with Crippen molar-refractivity contribution in [3.05, 3.63) is 63.5 Å². The molecule has 0 N–H and O–H groups in total. The molecule has 0 aliphatic carbocycles. The van der Waals surface area contributed by atoms with E-state index in [1.54, 1.807) is 19.2 Å². The Morgan fingerprint density at radius 3 is 2.88 bits per heavy atom. The lowest BCUT2D eigenvalue weighted by Gasteiger charge is -2.31. The summed E-state index contributed by atoms with van der Waals surface area (Å²) in [5, 5.41) is 5.13. The van der Waals surface area contributed by atoms with Crippen molar-refractivity contribution in [3.8, 4) is 0 Å². The van der Waals surface area contributed by atoms with Gasteiger partial charge in [0.1, 0.15) is 5.82 Å². The highest BCUT2D eigenvalue weighted by Crippen LogP contribution is 2.30. The van der Waals surface area contributed by atoms with Crippen LogP contribution >= 0.6 is 0 Å². The minimum atomic E-state index is -0.276. The average Bonchev–Trinajstić information content (AvgIpc) is 2.55. The number of halogens is 1. The number of hydrogen-bond acceptors (Lipinski definition) is 4. The van der Waals surface area contributed by atoms with Gasteiger partial charge in [-0.2, -0.15) is 5.10 Å². The lowest BCUT2D eigenvalue weighted by molar-refractivity contribution is 0.624. The maximum absolute atomic E-state index is 13.7. The van der Waals surface area contributed by atoms with Crippen LogP contribution < -0.4 is 10.5 Å². The van der Waals surface area contributed by atoms with E-state index in [9.17, 15) is 9.18 Å². The van der Waals surface area contributed by atoms with E-state index in [1.165, 1.54) is 16.8 Å². The molecule has 0 saturated carbocycles. The Morgan fingerprint density at radius 2 is 2.04 bits per heavy atom. The van der Waals surface area contributed by atoms with Gasteiger partial charge in [-0.3, -0.25) is 9.78 Å². The highest BCUT2D eigenvalue weighted by molar-refractivity contribution is 5.92.